The Morgan fingerprint density at radius 1 is 1.43 bits per heavy atom. The zero-order valence-corrected chi connectivity index (χ0v) is 12.8. The van der Waals surface area contributed by atoms with Crippen molar-refractivity contribution in [1.82, 2.24) is 0 Å². The van der Waals surface area contributed by atoms with Crippen molar-refractivity contribution in [3.63, 3.8) is 0 Å². The Labute approximate surface area is 128 Å². The third-order valence-corrected chi connectivity index (χ3v) is 6.84. The molecule has 0 amide bonds. The van der Waals surface area contributed by atoms with Crippen LogP contribution in [0, 0.1) is 5.82 Å². The van der Waals surface area contributed by atoms with E-state index in [9.17, 15) is 13.2 Å². The lowest BCUT2D eigenvalue weighted by atomic mass is 9.88. The summed E-state index contributed by atoms with van der Waals surface area (Å²) in [5, 5.41) is -0.883. The van der Waals surface area contributed by atoms with Crippen molar-refractivity contribution in [3.05, 3.63) is 36.2 Å². The van der Waals surface area contributed by atoms with E-state index in [0.717, 1.165) is 6.07 Å². The number of hydrogen-bond donors (Lipinski definition) is 2. The standard InChI is InChI=1S/C13H12BF3N2S2/c1-12(5-2-6-12)19-11-13(16,17)21(14,20)10-7-8(15)3-4-9(10)18-11/h2-5,7,20H,6H2,1H3,(H,18,19). The molecule has 8 heteroatoms. The number of rotatable bonds is 1. The molecule has 0 saturated carbocycles. The Kier molecular flexibility index (Phi) is 3.19. The number of aliphatic imine (C=N–C) groups is 1. The summed E-state index contributed by atoms with van der Waals surface area (Å²) in [6, 6.07) is 3.56. The van der Waals surface area contributed by atoms with Crippen molar-refractivity contribution in [3.8, 4) is 0 Å². The molecule has 0 saturated heterocycles. The molecule has 21 heavy (non-hydrogen) atoms. The molecule has 110 valence electrons. The summed E-state index contributed by atoms with van der Waals surface area (Å²) in [4.78, 5) is 4.10. The molecule has 3 rings (SSSR count). The summed E-state index contributed by atoms with van der Waals surface area (Å²) >= 11 is 3.99. The predicted molar refractivity (Wildman–Crippen MR) is 85.2 cm³/mol. The van der Waals surface area contributed by atoms with E-state index in [1.165, 1.54) is 12.1 Å². The largest absolute Gasteiger partial charge is 0.338 e. The van der Waals surface area contributed by atoms with Crippen molar-refractivity contribution in [1.29, 1.82) is 0 Å². The van der Waals surface area contributed by atoms with Gasteiger partial charge in [-0.2, -0.15) is 8.78 Å². The first-order valence-corrected chi connectivity index (χ1v) is 8.96. The Morgan fingerprint density at radius 2 is 2.10 bits per heavy atom. The van der Waals surface area contributed by atoms with Crippen LogP contribution in [0.5, 0.6) is 0 Å². The summed E-state index contributed by atoms with van der Waals surface area (Å²) in [5.74, 6) is -1.14. The van der Waals surface area contributed by atoms with E-state index in [4.69, 9.17) is 7.12 Å². The SMILES string of the molecule is [B]S1(S)c2cc(F)ccc2NC(=NC2(C)C=CC2)C1(F)F. The number of anilines is 1. The fourth-order valence-corrected chi connectivity index (χ4v) is 4.36. The van der Waals surface area contributed by atoms with Gasteiger partial charge in [0.25, 0.3) is 0 Å². The number of nitrogens with zero attached hydrogens (tertiary/aromatic N) is 1. The van der Waals surface area contributed by atoms with E-state index < -0.39 is 31.4 Å². The van der Waals surface area contributed by atoms with Crippen LogP contribution in [0.1, 0.15) is 13.3 Å². The molecule has 0 bridgehead atoms. The van der Waals surface area contributed by atoms with Gasteiger partial charge in [0.15, 0.2) is 13.0 Å². The molecule has 1 aromatic rings. The van der Waals surface area contributed by atoms with Crippen molar-refractivity contribution in [2.24, 2.45) is 4.99 Å². The van der Waals surface area contributed by atoms with E-state index in [2.05, 4.69) is 22.0 Å². The van der Waals surface area contributed by atoms with Gasteiger partial charge >= 0.3 is 5.25 Å². The molecule has 1 N–H and O–H groups in total. The van der Waals surface area contributed by atoms with Crippen LogP contribution in [0.3, 0.4) is 0 Å². The van der Waals surface area contributed by atoms with Crippen LogP contribution in [-0.2, 0) is 0 Å². The molecule has 2 nitrogen and oxygen atoms in total. The highest BCUT2D eigenvalue weighted by Crippen LogP contribution is 2.71. The van der Waals surface area contributed by atoms with Crippen LogP contribution >= 0.6 is 20.6 Å². The maximum Gasteiger partial charge on any atom is 0.338 e. The van der Waals surface area contributed by atoms with Crippen molar-refractivity contribution in [2.45, 2.75) is 29.0 Å². The van der Waals surface area contributed by atoms with Gasteiger partial charge < -0.3 is 5.32 Å². The van der Waals surface area contributed by atoms with E-state index in [1.54, 1.807) is 13.0 Å². The number of hydrogen-bond acceptors (Lipinski definition) is 2. The minimum absolute atomic E-state index is 0.0101. The molecule has 2 atom stereocenters. The fraction of sp³-hybridized carbons (Fsp3) is 0.308. The lowest BCUT2D eigenvalue weighted by Gasteiger charge is -2.45. The van der Waals surface area contributed by atoms with E-state index in [0.29, 0.717) is 12.1 Å². The van der Waals surface area contributed by atoms with Gasteiger partial charge in [0.05, 0.1) is 11.2 Å². The van der Waals surface area contributed by atoms with Crippen molar-refractivity contribution >= 4 is 39.2 Å². The van der Waals surface area contributed by atoms with Crippen molar-refractivity contribution < 1.29 is 13.2 Å². The molecule has 0 spiro atoms. The first kappa shape index (κ1) is 14.9. The molecule has 2 aliphatic rings. The topological polar surface area (TPSA) is 24.4 Å². The van der Waals surface area contributed by atoms with Gasteiger partial charge in [-0.3, -0.25) is 4.99 Å². The van der Waals surface area contributed by atoms with Crippen LogP contribution in [0.4, 0.5) is 18.9 Å². The van der Waals surface area contributed by atoms with Gasteiger partial charge in [-0.25, -0.2) is 4.39 Å². The van der Waals surface area contributed by atoms with E-state index >= 15 is 0 Å². The second kappa shape index (κ2) is 4.49. The Balaban J connectivity index is 2.15. The summed E-state index contributed by atoms with van der Waals surface area (Å²) in [6.07, 6.45) is 4.20. The number of benzene rings is 1. The lowest BCUT2D eigenvalue weighted by molar-refractivity contribution is 0.180. The first-order chi connectivity index (χ1) is 9.66. The quantitative estimate of drug-likeness (QED) is 0.346. The maximum absolute atomic E-state index is 14.6. The summed E-state index contributed by atoms with van der Waals surface area (Å²) < 4.78 is 42.6. The molecular weight excluding hydrogens is 316 g/mol. The minimum atomic E-state index is -3.47. The number of halogens is 3. The number of amidine groups is 1. The molecule has 1 aliphatic heterocycles. The molecule has 1 aliphatic carbocycles. The zero-order chi connectivity index (χ0) is 15.5. The van der Waals surface area contributed by atoms with Crippen LogP contribution in [0.25, 0.3) is 0 Å². The van der Waals surface area contributed by atoms with Crippen LogP contribution in [0.15, 0.2) is 40.2 Å². The average Bonchev–Trinajstić information content (AvgIpc) is 2.36. The number of thiol groups is 1. The predicted octanol–water partition coefficient (Wildman–Crippen LogP) is 4.05. The summed E-state index contributed by atoms with van der Waals surface area (Å²) in [7, 11) is 2.45. The van der Waals surface area contributed by atoms with Gasteiger partial charge in [0.2, 0.25) is 0 Å². The number of fused-ring (bicyclic) bond motifs is 1. The Bertz CT molecular complexity index is 675. The third-order valence-electron chi connectivity index (χ3n) is 3.57. The molecule has 0 fully saturated rings. The molecule has 0 aromatic heterocycles. The zero-order valence-electron chi connectivity index (χ0n) is 11.1. The van der Waals surface area contributed by atoms with Crippen LogP contribution < -0.4 is 5.32 Å². The van der Waals surface area contributed by atoms with Gasteiger partial charge in [0.1, 0.15) is 5.82 Å². The molecular formula is C13H12BF3N2S2. The lowest BCUT2D eigenvalue weighted by Crippen LogP contribution is -2.44. The highest BCUT2D eigenvalue weighted by molar-refractivity contribution is 8.97. The van der Waals surface area contributed by atoms with E-state index in [1.807, 2.05) is 6.08 Å². The van der Waals surface area contributed by atoms with Gasteiger partial charge in [0, 0.05) is 4.90 Å². The second-order valence-corrected chi connectivity index (χ2v) is 9.26. The number of nitrogens with one attached hydrogen (secondary N) is 1. The second-order valence-electron chi connectivity index (χ2n) is 5.33. The molecule has 2 radical (unpaired) electrons. The Morgan fingerprint density at radius 3 is 2.67 bits per heavy atom. The Hall–Kier alpha value is -1.02. The van der Waals surface area contributed by atoms with Gasteiger partial charge in [-0.15, -0.1) is 20.6 Å². The number of alkyl halides is 2. The maximum atomic E-state index is 14.6. The smallest absolute Gasteiger partial charge is 0.337 e. The third kappa shape index (κ3) is 2.19. The highest BCUT2D eigenvalue weighted by atomic mass is 33.1. The molecule has 1 aromatic carbocycles. The van der Waals surface area contributed by atoms with Gasteiger partial charge in [-0.05, 0) is 31.5 Å². The van der Waals surface area contributed by atoms with Crippen molar-refractivity contribution in [2.75, 3.05) is 5.32 Å². The molecule has 2 unspecified atom stereocenters. The van der Waals surface area contributed by atoms with Crippen LogP contribution in [0.2, 0.25) is 0 Å². The highest BCUT2D eigenvalue weighted by Gasteiger charge is 2.54. The monoisotopic (exact) mass is 328 g/mol. The van der Waals surface area contributed by atoms with E-state index in [-0.39, 0.29) is 4.90 Å². The minimum Gasteiger partial charge on any atom is -0.337 e. The van der Waals surface area contributed by atoms with Crippen LogP contribution in [-0.4, -0.2) is 23.8 Å². The first-order valence-electron chi connectivity index (χ1n) is 6.21. The fourth-order valence-electron chi connectivity index (χ4n) is 2.23. The molecule has 1 heterocycles. The normalized spacial score (nSPS) is 38.0. The summed E-state index contributed by atoms with van der Waals surface area (Å²) in [5.41, 5.74) is -0.340. The van der Waals surface area contributed by atoms with Gasteiger partial charge in [-0.1, -0.05) is 12.2 Å². The average molecular weight is 328 g/mol. The summed E-state index contributed by atoms with van der Waals surface area (Å²) in [6.45, 7) is 1.75.